The van der Waals surface area contributed by atoms with Gasteiger partial charge in [-0.2, -0.15) is 13.4 Å². The second-order valence-corrected chi connectivity index (χ2v) is 10.0. The number of halogens is 3. The van der Waals surface area contributed by atoms with Crippen LogP contribution in [0.1, 0.15) is 16.8 Å². The van der Waals surface area contributed by atoms with E-state index in [2.05, 4.69) is 9.97 Å². The Balaban J connectivity index is 1.49. The molecule has 0 spiro atoms. The van der Waals surface area contributed by atoms with E-state index in [-0.39, 0.29) is 16.7 Å². The molecule has 11 heteroatoms. The Morgan fingerprint density at radius 2 is 1.54 bits per heavy atom. The summed E-state index contributed by atoms with van der Waals surface area (Å²) in [5, 5.41) is 0.841. The molecule has 0 aliphatic heterocycles. The molecule has 0 bridgehead atoms. The quantitative estimate of drug-likeness (QED) is 0.269. The van der Waals surface area contributed by atoms with Gasteiger partial charge in [-0.1, -0.05) is 41.4 Å². The predicted molar refractivity (Wildman–Crippen MR) is 134 cm³/mol. The van der Waals surface area contributed by atoms with Gasteiger partial charge in [-0.25, -0.2) is 9.55 Å². The third kappa shape index (κ3) is 6.05. The molecule has 4 N–H and O–H groups in total. The molecule has 0 radical (unpaired) electrons. The minimum absolute atomic E-state index is 0.0961. The van der Waals surface area contributed by atoms with E-state index in [0.29, 0.717) is 40.7 Å². The Morgan fingerprint density at radius 1 is 0.857 bits per heavy atom. The minimum atomic E-state index is -4.70. The molecule has 2 heterocycles. The first-order chi connectivity index (χ1) is 16.6. The van der Waals surface area contributed by atoms with Crippen molar-refractivity contribution in [1.82, 2.24) is 9.97 Å². The van der Waals surface area contributed by atoms with Gasteiger partial charge >= 0.3 is 10.2 Å². The maximum Gasteiger partial charge on any atom is 0.332 e. The first kappa shape index (κ1) is 24.8. The first-order valence-electron chi connectivity index (χ1n) is 10.5. The van der Waals surface area contributed by atoms with Gasteiger partial charge in [0.25, 0.3) is 0 Å². The van der Waals surface area contributed by atoms with E-state index in [1.165, 1.54) is 12.1 Å². The van der Waals surface area contributed by atoms with Crippen LogP contribution in [0, 0.1) is 0 Å². The van der Waals surface area contributed by atoms with Crippen molar-refractivity contribution >= 4 is 45.2 Å². The Kier molecular flexibility index (Phi) is 7.20. The average Bonchev–Trinajstić information content (AvgIpc) is 2.80. The molecule has 0 fully saturated rings. The third-order valence-corrected chi connectivity index (χ3v) is 6.99. The SMILES string of the molecule is Nc1nc(N)c(-c2ccc(Cl)c(Cl)c2)c(CCc2cc[n+](Cc3ccc(S(=O)(=O)F)cc3)cc2)n1. The van der Waals surface area contributed by atoms with Crippen LogP contribution in [-0.2, 0) is 29.6 Å². The summed E-state index contributed by atoms with van der Waals surface area (Å²) in [5.74, 6) is 0.363. The van der Waals surface area contributed by atoms with Gasteiger partial charge in [0.15, 0.2) is 18.9 Å². The van der Waals surface area contributed by atoms with Crippen molar-refractivity contribution < 1.29 is 16.9 Å². The fourth-order valence-electron chi connectivity index (χ4n) is 3.68. The van der Waals surface area contributed by atoms with Crippen molar-refractivity contribution in [1.29, 1.82) is 0 Å². The van der Waals surface area contributed by atoms with E-state index in [1.54, 1.807) is 24.3 Å². The van der Waals surface area contributed by atoms with E-state index in [0.717, 1.165) is 16.7 Å². The van der Waals surface area contributed by atoms with Gasteiger partial charge in [-0.05, 0) is 48.2 Å². The fraction of sp³-hybridized carbons (Fsp3) is 0.125. The van der Waals surface area contributed by atoms with Crippen LogP contribution in [0.3, 0.4) is 0 Å². The highest BCUT2D eigenvalue weighted by atomic mass is 35.5. The number of hydrogen-bond donors (Lipinski definition) is 2. The van der Waals surface area contributed by atoms with Crippen LogP contribution < -0.4 is 16.0 Å². The monoisotopic (exact) mass is 532 g/mol. The zero-order valence-electron chi connectivity index (χ0n) is 18.3. The lowest BCUT2D eigenvalue weighted by Crippen LogP contribution is -2.33. The lowest BCUT2D eigenvalue weighted by molar-refractivity contribution is -0.688. The largest absolute Gasteiger partial charge is 0.383 e. The molecule has 0 unspecified atom stereocenters. The third-order valence-electron chi connectivity index (χ3n) is 5.42. The molecule has 180 valence electrons. The summed E-state index contributed by atoms with van der Waals surface area (Å²) >= 11 is 12.2. The number of nitrogens with two attached hydrogens (primary N) is 2. The first-order valence-corrected chi connectivity index (χ1v) is 12.6. The van der Waals surface area contributed by atoms with Gasteiger partial charge in [0.2, 0.25) is 5.95 Å². The highest BCUT2D eigenvalue weighted by Gasteiger charge is 2.16. The van der Waals surface area contributed by atoms with Gasteiger partial charge in [0.1, 0.15) is 5.82 Å². The number of anilines is 2. The van der Waals surface area contributed by atoms with Gasteiger partial charge < -0.3 is 11.5 Å². The van der Waals surface area contributed by atoms with E-state index in [9.17, 15) is 12.3 Å². The number of nitrogens with zero attached hydrogens (tertiary/aromatic N) is 3. The normalized spacial score (nSPS) is 11.5. The molecule has 2 aromatic heterocycles. The number of benzene rings is 2. The summed E-state index contributed by atoms with van der Waals surface area (Å²) in [4.78, 5) is 8.16. The maximum atomic E-state index is 13.1. The van der Waals surface area contributed by atoms with E-state index in [4.69, 9.17) is 34.7 Å². The molecular formula is C24H21Cl2FN5O2S+. The van der Waals surface area contributed by atoms with Crippen LogP contribution in [0.2, 0.25) is 10.0 Å². The number of aryl methyl sites for hydroxylation is 2. The number of aromatic nitrogens is 3. The van der Waals surface area contributed by atoms with Crippen molar-refractivity contribution in [3.8, 4) is 11.1 Å². The smallest absolute Gasteiger partial charge is 0.332 e. The van der Waals surface area contributed by atoms with Crippen molar-refractivity contribution in [2.45, 2.75) is 24.3 Å². The van der Waals surface area contributed by atoms with Crippen molar-refractivity contribution in [2.24, 2.45) is 0 Å². The van der Waals surface area contributed by atoms with Gasteiger partial charge in [0, 0.05) is 23.3 Å². The second kappa shape index (κ2) is 10.2. The van der Waals surface area contributed by atoms with Gasteiger partial charge in [0.05, 0.1) is 20.6 Å². The van der Waals surface area contributed by atoms with Crippen LogP contribution in [0.25, 0.3) is 11.1 Å². The van der Waals surface area contributed by atoms with Crippen LogP contribution in [-0.4, -0.2) is 18.4 Å². The van der Waals surface area contributed by atoms with Crippen LogP contribution in [0.15, 0.2) is 71.9 Å². The average molecular weight is 533 g/mol. The highest BCUT2D eigenvalue weighted by molar-refractivity contribution is 7.86. The lowest BCUT2D eigenvalue weighted by atomic mass is 10.00. The summed E-state index contributed by atoms with van der Waals surface area (Å²) in [6.07, 6.45) is 5.07. The molecule has 0 atom stereocenters. The van der Waals surface area contributed by atoms with E-state index in [1.807, 2.05) is 35.2 Å². The number of nitrogen functional groups attached to an aromatic ring is 2. The predicted octanol–water partition coefficient (Wildman–Crippen LogP) is 4.39. The zero-order chi connectivity index (χ0) is 25.2. The van der Waals surface area contributed by atoms with E-state index < -0.39 is 10.2 Å². The molecule has 0 amide bonds. The Labute approximate surface area is 212 Å². The van der Waals surface area contributed by atoms with E-state index >= 15 is 0 Å². The summed E-state index contributed by atoms with van der Waals surface area (Å²) in [5.41, 5.74) is 16.1. The van der Waals surface area contributed by atoms with Gasteiger partial charge in [-0.3, -0.25) is 0 Å². The molecule has 0 saturated heterocycles. The molecular weight excluding hydrogens is 512 g/mol. The Morgan fingerprint density at radius 3 is 2.17 bits per heavy atom. The molecule has 0 aliphatic carbocycles. The molecule has 0 saturated carbocycles. The molecule has 2 aromatic carbocycles. The molecule has 0 aliphatic rings. The molecule has 4 rings (SSSR count). The van der Waals surface area contributed by atoms with Crippen LogP contribution in [0.4, 0.5) is 15.7 Å². The molecule has 7 nitrogen and oxygen atoms in total. The lowest BCUT2D eigenvalue weighted by Gasteiger charge is -2.13. The minimum Gasteiger partial charge on any atom is -0.383 e. The zero-order valence-corrected chi connectivity index (χ0v) is 20.7. The second-order valence-electron chi connectivity index (χ2n) is 7.88. The number of hydrogen-bond acceptors (Lipinski definition) is 6. The molecule has 4 aromatic rings. The summed E-state index contributed by atoms with van der Waals surface area (Å²) in [6.45, 7) is 0.507. The fourth-order valence-corrected chi connectivity index (χ4v) is 4.44. The van der Waals surface area contributed by atoms with Crippen LogP contribution >= 0.6 is 23.2 Å². The topological polar surface area (TPSA) is 116 Å². The summed E-state index contributed by atoms with van der Waals surface area (Å²) < 4.78 is 36.9. The van der Waals surface area contributed by atoms with Crippen LogP contribution in [0.5, 0.6) is 0 Å². The summed E-state index contributed by atoms with van der Waals surface area (Å²) in [7, 11) is -4.70. The number of rotatable bonds is 7. The standard InChI is InChI=1S/C24H21Cl2FN5O2S/c25-19-7-4-17(13-20(19)26)22-21(30-24(29)31-23(22)28)8-3-15-9-11-32(12-10-15)14-16-1-5-18(6-2-16)35(27,33)34/h1-2,4-7,9-13H,3,8,14H2,(H4,28,29,30,31)/q+1. The van der Waals surface area contributed by atoms with Crippen molar-refractivity contribution in [3.63, 3.8) is 0 Å². The Hall–Kier alpha value is -3.27. The Bertz CT molecular complexity index is 1480. The molecule has 35 heavy (non-hydrogen) atoms. The van der Waals surface area contributed by atoms with Crippen molar-refractivity contribution in [2.75, 3.05) is 11.5 Å². The highest BCUT2D eigenvalue weighted by Crippen LogP contribution is 2.33. The maximum absolute atomic E-state index is 13.1. The summed E-state index contributed by atoms with van der Waals surface area (Å²) in [6, 6.07) is 14.9. The number of pyridine rings is 1. The van der Waals surface area contributed by atoms with Crippen molar-refractivity contribution in [3.05, 3.63) is 93.9 Å². The van der Waals surface area contributed by atoms with Gasteiger partial charge in [-0.15, -0.1) is 3.89 Å².